The maximum Gasteiger partial charge on any atom is 0.269 e. The first-order valence-electron chi connectivity index (χ1n) is 7.62. The third-order valence-electron chi connectivity index (χ3n) is 3.98. The van der Waals surface area contributed by atoms with Gasteiger partial charge in [-0.15, -0.1) is 5.10 Å². The molecular weight excluding hydrogens is 345 g/mol. The summed E-state index contributed by atoms with van der Waals surface area (Å²) >= 11 is 0. The van der Waals surface area contributed by atoms with E-state index in [1.807, 2.05) is 19.1 Å². The molecule has 132 valence electrons. The van der Waals surface area contributed by atoms with Crippen molar-refractivity contribution in [1.29, 1.82) is 0 Å². The van der Waals surface area contributed by atoms with Crippen LogP contribution in [0.3, 0.4) is 0 Å². The van der Waals surface area contributed by atoms with Gasteiger partial charge in [0.2, 0.25) is 0 Å². The zero-order chi connectivity index (χ0) is 18.2. The van der Waals surface area contributed by atoms with E-state index in [2.05, 4.69) is 21.8 Å². The molecule has 7 nitrogen and oxygen atoms in total. The number of allylic oxidation sites excluding steroid dienone is 5. The van der Waals surface area contributed by atoms with Crippen LogP contribution in [0.15, 0.2) is 53.7 Å². The third kappa shape index (κ3) is 3.32. The Morgan fingerprint density at radius 1 is 1.44 bits per heavy atom. The average molecular weight is 363 g/mol. The second-order valence-electron chi connectivity index (χ2n) is 5.86. The predicted molar refractivity (Wildman–Crippen MR) is 90.9 cm³/mol. The molecule has 0 spiro atoms. The number of rotatable bonds is 5. The summed E-state index contributed by atoms with van der Waals surface area (Å²) in [6.45, 7) is 5.50. The van der Waals surface area contributed by atoms with Crippen LogP contribution >= 0.6 is 0 Å². The van der Waals surface area contributed by atoms with Gasteiger partial charge >= 0.3 is 0 Å². The van der Waals surface area contributed by atoms with E-state index < -0.39 is 16.0 Å². The highest BCUT2D eigenvalue weighted by atomic mass is 32.2. The van der Waals surface area contributed by atoms with Gasteiger partial charge in [0.15, 0.2) is 21.8 Å². The minimum atomic E-state index is -3.38. The SMILES string of the molecule is C=C/C=C\C=C(/C)[C@@H]1C[C@H](F)c2nc(-n3cc(S(C)(=O)=O)cn3)nn21. The molecule has 0 aliphatic carbocycles. The van der Waals surface area contributed by atoms with Crippen molar-refractivity contribution in [3.63, 3.8) is 0 Å². The van der Waals surface area contributed by atoms with E-state index in [0.717, 1.165) is 11.8 Å². The summed E-state index contributed by atoms with van der Waals surface area (Å²) in [5.74, 6) is 0.364. The van der Waals surface area contributed by atoms with Gasteiger partial charge in [-0.3, -0.25) is 0 Å². The van der Waals surface area contributed by atoms with Crippen molar-refractivity contribution in [3.05, 3.63) is 54.7 Å². The van der Waals surface area contributed by atoms with E-state index in [1.54, 1.807) is 12.2 Å². The first-order valence-corrected chi connectivity index (χ1v) is 9.52. The highest BCUT2D eigenvalue weighted by Crippen LogP contribution is 2.39. The van der Waals surface area contributed by atoms with Crippen LogP contribution in [0.25, 0.3) is 5.95 Å². The second-order valence-corrected chi connectivity index (χ2v) is 7.87. The van der Waals surface area contributed by atoms with Crippen molar-refractivity contribution >= 4 is 9.84 Å². The summed E-state index contributed by atoms with van der Waals surface area (Å²) in [5, 5.41) is 8.28. The minimum Gasteiger partial charge on any atom is -0.239 e. The molecule has 0 fully saturated rings. The number of nitrogens with zero attached hydrogens (tertiary/aromatic N) is 5. The van der Waals surface area contributed by atoms with Crippen molar-refractivity contribution in [2.24, 2.45) is 0 Å². The monoisotopic (exact) mass is 363 g/mol. The van der Waals surface area contributed by atoms with E-state index in [0.29, 0.717) is 0 Å². The molecular formula is C16H18FN5O2S. The smallest absolute Gasteiger partial charge is 0.239 e. The molecule has 2 atom stereocenters. The van der Waals surface area contributed by atoms with Gasteiger partial charge in [-0.1, -0.05) is 30.9 Å². The fraction of sp³-hybridized carbons (Fsp3) is 0.312. The van der Waals surface area contributed by atoms with E-state index in [4.69, 9.17) is 0 Å². The Balaban J connectivity index is 1.95. The number of alkyl halides is 1. The van der Waals surface area contributed by atoms with E-state index >= 15 is 0 Å². The lowest BCUT2D eigenvalue weighted by atomic mass is 10.1. The summed E-state index contributed by atoms with van der Waals surface area (Å²) in [6.07, 6.45) is 9.82. The van der Waals surface area contributed by atoms with Gasteiger partial charge in [-0.25, -0.2) is 22.2 Å². The minimum absolute atomic E-state index is 0.0569. The maximum atomic E-state index is 14.3. The standard InChI is InChI=1S/C16H18FN5O2S/c1-4-5-6-7-11(2)14-8-13(17)15-19-16(20-22(14)15)21-10-12(9-18-21)25(3,23)24/h4-7,9-10,13-14H,1,8H2,2-3H3/b6-5-,11-7+/t13-,14-/m0/s1. The highest BCUT2D eigenvalue weighted by molar-refractivity contribution is 7.90. The number of hydrogen-bond donors (Lipinski definition) is 0. The molecule has 0 saturated carbocycles. The maximum absolute atomic E-state index is 14.3. The molecule has 3 heterocycles. The van der Waals surface area contributed by atoms with Crippen molar-refractivity contribution in [3.8, 4) is 5.95 Å². The molecule has 1 aliphatic heterocycles. The van der Waals surface area contributed by atoms with Crippen LogP contribution < -0.4 is 0 Å². The molecule has 0 unspecified atom stereocenters. The van der Waals surface area contributed by atoms with Crippen molar-refractivity contribution < 1.29 is 12.8 Å². The number of sulfone groups is 1. The number of hydrogen-bond acceptors (Lipinski definition) is 5. The zero-order valence-corrected chi connectivity index (χ0v) is 14.7. The van der Waals surface area contributed by atoms with Gasteiger partial charge < -0.3 is 0 Å². The normalized spacial score (nSPS) is 21.0. The number of halogens is 1. The Bertz CT molecular complexity index is 971. The molecule has 0 saturated heterocycles. The fourth-order valence-electron chi connectivity index (χ4n) is 2.65. The van der Waals surface area contributed by atoms with Crippen LogP contribution in [-0.2, 0) is 9.84 Å². The average Bonchev–Trinajstić information content (AvgIpc) is 3.22. The summed E-state index contributed by atoms with van der Waals surface area (Å²) < 4.78 is 40.2. The fourth-order valence-corrected chi connectivity index (χ4v) is 3.18. The van der Waals surface area contributed by atoms with E-state index in [9.17, 15) is 12.8 Å². The number of fused-ring (bicyclic) bond motifs is 1. The van der Waals surface area contributed by atoms with Gasteiger partial charge in [0.05, 0.1) is 18.4 Å². The molecule has 0 radical (unpaired) electrons. The van der Waals surface area contributed by atoms with Gasteiger partial charge in [-0.2, -0.15) is 10.1 Å². The zero-order valence-electron chi connectivity index (χ0n) is 13.9. The largest absolute Gasteiger partial charge is 0.269 e. The molecule has 0 bridgehead atoms. The van der Waals surface area contributed by atoms with Gasteiger partial charge in [0.25, 0.3) is 5.95 Å². The van der Waals surface area contributed by atoms with E-state index in [1.165, 1.54) is 21.8 Å². The molecule has 2 aromatic rings. The van der Waals surface area contributed by atoms with Crippen LogP contribution in [-0.4, -0.2) is 39.2 Å². The summed E-state index contributed by atoms with van der Waals surface area (Å²) in [4.78, 5) is 4.24. The van der Waals surface area contributed by atoms with Gasteiger partial charge in [0.1, 0.15) is 4.90 Å². The first kappa shape index (κ1) is 17.3. The van der Waals surface area contributed by atoms with Crippen molar-refractivity contribution in [1.82, 2.24) is 24.5 Å². The summed E-state index contributed by atoms with van der Waals surface area (Å²) in [6, 6.07) is -0.245. The Kier molecular flexibility index (Phi) is 4.42. The Morgan fingerprint density at radius 2 is 2.20 bits per heavy atom. The molecule has 25 heavy (non-hydrogen) atoms. The third-order valence-corrected chi connectivity index (χ3v) is 5.04. The topological polar surface area (TPSA) is 82.7 Å². The van der Waals surface area contributed by atoms with Gasteiger partial charge in [-0.05, 0) is 12.5 Å². The predicted octanol–water partition coefficient (Wildman–Crippen LogP) is 2.51. The van der Waals surface area contributed by atoms with Crippen LogP contribution in [0.1, 0.15) is 31.4 Å². The number of aromatic nitrogens is 5. The molecule has 3 rings (SSSR count). The van der Waals surface area contributed by atoms with E-state index in [-0.39, 0.29) is 29.1 Å². The first-order chi connectivity index (χ1) is 11.8. The Morgan fingerprint density at radius 3 is 2.84 bits per heavy atom. The highest BCUT2D eigenvalue weighted by Gasteiger charge is 2.35. The molecule has 9 heteroatoms. The van der Waals surface area contributed by atoms with Crippen LogP contribution in [0.4, 0.5) is 4.39 Å². The lowest BCUT2D eigenvalue weighted by Crippen LogP contribution is -2.08. The van der Waals surface area contributed by atoms with Gasteiger partial charge in [0, 0.05) is 12.7 Å². The molecule has 1 aliphatic rings. The Labute approximate surface area is 145 Å². The quantitative estimate of drug-likeness (QED) is 0.762. The summed E-state index contributed by atoms with van der Waals surface area (Å²) in [7, 11) is -3.38. The van der Waals surface area contributed by atoms with Crippen molar-refractivity contribution in [2.45, 2.75) is 30.5 Å². The molecule has 0 N–H and O–H groups in total. The lowest BCUT2D eigenvalue weighted by Gasteiger charge is -2.11. The van der Waals surface area contributed by atoms with Crippen LogP contribution in [0, 0.1) is 0 Å². The van der Waals surface area contributed by atoms with Crippen LogP contribution in [0.2, 0.25) is 0 Å². The second kappa shape index (κ2) is 6.40. The molecule has 0 amide bonds. The lowest BCUT2D eigenvalue weighted by molar-refractivity contribution is 0.327. The molecule has 2 aromatic heterocycles. The Hall–Kier alpha value is -2.55. The summed E-state index contributed by atoms with van der Waals surface area (Å²) in [5.41, 5.74) is 0.938. The van der Waals surface area contributed by atoms with Crippen LogP contribution in [0.5, 0.6) is 0 Å². The molecule has 0 aromatic carbocycles. The van der Waals surface area contributed by atoms with Crippen molar-refractivity contribution in [2.75, 3.05) is 6.26 Å².